The van der Waals surface area contributed by atoms with Crippen molar-refractivity contribution in [1.82, 2.24) is 4.90 Å². The number of nitrogens with zero attached hydrogens (tertiary/aromatic N) is 1. The molecule has 0 heterocycles. The second-order valence-corrected chi connectivity index (χ2v) is 5.41. The molecule has 0 aliphatic rings. The molecule has 4 nitrogen and oxygen atoms in total. The average molecular weight is 290 g/mol. The van der Waals surface area contributed by atoms with Crippen molar-refractivity contribution in [2.24, 2.45) is 0 Å². The van der Waals surface area contributed by atoms with Crippen LogP contribution in [-0.4, -0.2) is 29.3 Å². The van der Waals surface area contributed by atoms with Gasteiger partial charge in [-0.05, 0) is 37.8 Å². The smallest absolute Gasteiger partial charge is 0.244 e. The van der Waals surface area contributed by atoms with Crippen molar-refractivity contribution in [3.05, 3.63) is 29.3 Å². The standard InChI is InChI=1S/C17H26N2O2/c1-6-13(4)19(14(5)20)11-16(21)18-17-12(3)9-8-10-15(17)7-2/h8-10,13H,6-7,11H2,1-5H3,(H,18,21). The van der Waals surface area contributed by atoms with Gasteiger partial charge in [-0.15, -0.1) is 0 Å². The van der Waals surface area contributed by atoms with Gasteiger partial charge in [0.25, 0.3) is 0 Å². The van der Waals surface area contributed by atoms with Gasteiger partial charge in [0.2, 0.25) is 11.8 Å². The number of anilines is 1. The molecule has 2 amide bonds. The lowest BCUT2D eigenvalue weighted by Gasteiger charge is -2.27. The van der Waals surface area contributed by atoms with E-state index >= 15 is 0 Å². The third-order valence-corrected chi connectivity index (χ3v) is 3.85. The minimum Gasteiger partial charge on any atom is -0.331 e. The minimum atomic E-state index is -0.144. The lowest BCUT2D eigenvalue weighted by molar-refractivity contribution is -0.134. The lowest BCUT2D eigenvalue weighted by Crippen LogP contribution is -2.42. The Bertz CT molecular complexity index is 512. The Morgan fingerprint density at radius 3 is 2.48 bits per heavy atom. The van der Waals surface area contributed by atoms with E-state index in [9.17, 15) is 9.59 Å². The first-order chi connectivity index (χ1) is 9.90. The van der Waals surface area contributed by atoms with Gasteiger partial charge >= 0.3 is 0 Å². The van der Waals surface area contributed by atoms with Crippen molar-refractivity contribution < 1.29 is 9.59 Å². The van der Waals surface area contributed by atoms with E-state index in [1.54, 1.807) is 4.90 Å². The van der Waals surface area contributed by atoms with Crippen LogP contribution < -0.4 is 5.32 Å². The summed E-state index contributed by atoms with van der Waals surface area (Å²) in [5.74, 6) is -0.213. The molecule has 0 fully saturated rings. The molecule has 1 N–H and O–H groups in total. The second kappa shape index (κ2) is 7.81. The van der Waals surface area contributed by atoms with Crippen LogP contribution in [0.15, 0.2) is 18.2 Å². The first-order valence-corrected chi connectivity index (χ1v) is 7.56. The average Bonchev–Trinajstić information content (AvgIpc) is 2.45. The number of nitrogens with one attached hydrogen (secondary N) is 1. The molecule has 4 heteroatoms. The van der Waals surface area contributed by atoms with E-state index in [-0.39, 0.29) is 24.4 Å². The number of rotatable bonds is 6. The summed E-state index contributed by atoms with van der Waals surface area (Å²) in [5.41, 5.74) is 3.03. The van der Waals surface area contributed by atoms with Crippen molar-refractivity contribution in [3.63, 3.8) is 0 Å². The van der Waals surface area contributed by atoms with Crippen LogP contribution in [0.5, 0.6) is 0 Å². The highest BCUT2D eigenvalue weighted by Gasteiger charge is 2.19. The van der Waals surface area contributed by atoms with Crippen LogP contribution in [-0.2, 0) is 16.0 Å². The zero-order valence-electron chi connectivity index (χ0n) is 13.7. The summed E-state index contributed by atoms with van der Waals surface area (Å²) >= 11 is 0. The SMILES string of the molecule is CCc1cccc(C)c1NC(=O)CN(C(C)=O)C(C)CC. The molecule has 1 atom stereocenters. The molecule has 116 valence electrons. The maximum Gasteiger partial charge on any atom is 0.244 e. The molecule has 0 aliphatic heterocycles. The molecule has 1 aromatic carbocycles. The lowest BCUT2D eigenvalue weighted by atomic mass is 10.1. The van der Waals surface area contributed by atoms with Crippen LogP contribution in [0.1, 0.15) is 45.2 Å². The summed E-state index contributed by atoms with van der Waals surface area (Å²) in [4.78, 5) is 25.5. The summed E-state index contributed by atoms with van der Waals surface area (Å²) in [6.45, 7) is 9.61. The van der Waals surface area contributed by atoms with Crippen molar-refractivity contribution in [3.8, 4) is 0 Å². The van der Waals surface area contributed by atoms with Gasteiger partial charge in [-0.25, -0.2) is 0 Å². The van der Waals surface area contributed by atoms with Gasteiger partial charge in [-0.3, -0.25) is 9.59 Å². The number of benzene rings is 1. The Morgan fingerprint density at radius 1 is 1.29 bits per heavy atom. The highest BCUT2D eigenvalue weighted by atomic mass is 16.2. The fraction of sp³-hybridized carbons (Fsp3) is 0.529. The van der Waals surface area contributed by atoms with Crippen molar-refractivity contribution in [1.29, 1.82) is 0 Å². The molecule has 1 unspecified atom stereocenters. The zero-order chi connectivity index (χ0) is 16.0. The summed E-state index contributed by atoms with van der Waals surface area (Å²) < 4.78 is 0. The zero-order valence-corrected chi connectivity index (χ0v) is 13.7. The first kappa shape index (κ1) is 17.2. The maximum absolute atomic E-state index is 12.3. The molecule has 0 aliphatic carbocycles. The number of amides is 2. The van der Waals surface area contributed by atoms with Crippen molar-refractivity contribution >= 4 is 17.5 Å². The van der Waals surface area contributed by atoms with Gasteiger partial charge in [0.15, 0.2) is 0 Å². The Hall–Kier alpha value is -1.84. The summed E-state index contributed by atoms with van der Waals surface area (Å²) in [5, 5.41) is 2.96. The van der Waals surface area contributed by atoms with Crippen LogP contribution in [0.2, 0.25) is 0 Å². The molecule has 0 spiro atoms. The van der Waals surface area contributed by atoms with Crippen LogP contribution in [0, 0.1) is 6.92 Å². The van der Waals surface area contributed by atoms with E-state index in [0.29, 0.717) is 0 Å². The Balaban J connectivity index is 2.84. The predicted molar refractivity (Wildman–Crippen MR) is 86.3 cm³/mol. The topological polar surface area (TPSA) is 49.4 Å². The number of aryl methyl sites for hydroxylation is 2. The predicted octanol–water partition coefficient (Wildman–Crippen LogP) is 3.14. The Kier molecular flexibility index (Phi) is 6.40. The van der Waals surface area contributed by atoms with Crippen LogP contribution in [0.4, 0.5) is 5.69 Å². The van der Waals surface area contributed by atoms with E-state index in [0.717, 1.165) is 29.7 Å². The van der Waals surface area contributed by atoms with Gasteiger partial charge in [0.05, 0.1) is 0 Å². The summed E-state index contributed by atoms with van der Waals surface area (Å²) in [7, 11) is 0. The maximum atomic E-state index is 12.3. The Morgan fingerprint density at radius 2 is 1.95 bits per heavy atom. The number of carbonyl (C=O) groups excluding carboxylic acids is 2. The molecule has 0 bridgehead atoms. The highest BCUT2D eigenvalue weighted by molar-refractivity contribution is 5.95. The largest absolute Gasteiger partial charge is 0.331 e. The number of para-hydroxylation sites is 1. The van der Waals surface area contributed by atoms with Gasteiger partial charge < -0.3 is 10.2 Å². The third kappa shape index (κ3) is 4.59. The van der Waals surface area contributed by atoms with Crippen LogP contribution >= 0.6 is 0 Å². The summed E-state index contributed by atoms with van der Waals surface area (Å²) in [6, 6.07) is 6.05. The van der Waals surface area contributed by atoms with Crippen LogP contribution in [0.3, 0.4) is 0 Å². The second-order valence-electron chi connectivity index (χ2n) is 5.41. The third-order valence-electron chi connectivity index (χ3n) is 3.85. The first-order valence-electron chi connectivity index (χ1n) is 7.56. The molecule has 1 aromatic rings. The monoisotopic (exact) mass is 290 g/mol. The van der Waals surface area contributed by atoms with Crippen molar-refractivity contribution in [2.45, 2.75) is 53.5 Å². The Labute approximate surface area is 127 Å². The van der Waals surface area contributed by atoms with Crippen molar-refractivity contribution in [2.75, 3.05) is 11.9 Å². The molecule has 1 rings (SSSR count). The summed E-state index contributed by atoms with van der Waals surface area (Å²) in [6.07, 6.45) is 1.69. The number of hydrogen-bond donors (Lipinski definition) is 1. The van der Waals surface area contributed by atoms with Gasteiger partial charge in [0.1, 0.15) is 6.54 Å². The van der Waals surface area contributed by atoms with Gasteiger partial charge in [-0.1, -0.05) is 32.0 Å². The number of carbonyl (C=O) groups is 2. The normalized spacial score (nSPS) is 11.9. The van der Waals surface area contributed by atoms with Gasteiger partial charge in [0, 0.05) is 18.7 Å². The highest BCUT2D eigenvalue weighted by Crippen LogP contribution is 2.21. The fourth-order valence-electron chi connectivity index (χ4n) is 2.33. The molecule has 0 saturated heterocycles. The molecule has 0 aromatic heterocycles. The quantitative estimate of drug-likeness (QED) is 0.875. The molecule has 0 radical (unpaired) electrons. The number of hydrogen-bond acceptors (Lipinski definition) is 2. The van der Waals surface area contributed by atoms with E-state index in [1.807, 2.05) is 39.0 Å². The van der Waals surface area contributed by atoms with Crippen LogP contribution in [0.25, 0.3) is 0 Å². The fourth-order valence-corrected chi connectivity index (χ4v) is 2.33. The van der Waals surface area contributed by atoms with E-state index in [1.165, 1.54) is 6.92 Å². The molecule has 21 heavy (non-hydrogen) atoms. The molecular formula is C17H26N2O2. The van der Waals surface area contributed by atoms with E-state index in [2.05, 4.69) is 12.2 Å². The van der Waals surface area contributed by atoms with Gasteiger partial charge in [-0.2, -0.15) is 0 Å². The van der Waals surface area contributed by atoms with E-state index < -0.39 is 0 Å². The molecule has 0 saturated carbocycles. The minimum absolute atomic E-state index is 0.0655. The molecular weight excluding hydrogens is 264 g/mol. The van der Waals surface area contributed by atoms with E-state index in [4.69, 9.17) is 0 Å².